The fourth-order valence-electron chi connectivity index (χ4n) is 3.06. The molecule has 0 saturated heterocycles. The number of hydrogen-bond donors (Lipinski definition) is 0. The van der Waals surface area contributed by atoms with Gasteiger partial charge in [0.1, 0.15) is 5.92 Å². The molecule has 106 valence electrons. The molecular formula is C17H16N2O2. The second kappa shape index (κ2) is 5.53. The largest absolute Gasteiger partial charge is 0.310 e. The molecule has 0 aromatic heterocycles. The summed E-state index contributed by atoms with van der Waals surface area (Å²) in [5.41, 5.74) is 2.55. The van der Waals surface area contributed by atoms with Gasteiger partial charge in [-0.2, -0.15) is 5.26 Å². The second-order valence-corrected chi connectivity index (χ2v) is 5.50. The number of ketones is 1. The van der Waals surface area contributed by atoms with E-state index in [9.17, 15) is 14.9 Å². The first-order valence-electron chi connectivity index (χ1n) is 7.21. The number of amides is 1. The van der Waals surface area contributed by atoms with E-state index in [0.717, 1.165) is 24.1 Å². The summed E-state index contributed by atoms with van der Waals surface area (Å²) in [7, 11) is 0. The number of benzene rings is 1. The summed E-state index contributed by atoms with van der Waals surface area (Å²) in [5, 5.41) is 9.19. The van der Waals surface area contributed by atoms with Crippen LogP contribution < -0.4 is 0 Å². The van der Waals surface area contributed by atoms with Gasteiger partial charge in [0, 0.05) is 24.1 Å². The number of Topliss-reactive ketones (excluding diaryl/α,β-unsaturated/α-hetero) is 1. The van der Waals surface area contributed by atoms with Gasteiger partial charge < -0.3 is 4.90 Å². The highest BCUT2D eigenvalue weighted by atomic mass is 16.2. The Kier molecular flexibility index (Phi) is 3.57. The van der Waals surface area contributed by atoms with Crippen LogP contribution >= 0.6 is 0 Å². The molecule has 0 spiro atoms. The van der Waals surface area contributed by atoms with Crippen molar-refractivity contribution in [2.75, 3.05) is 0 Å². The Morgan fingerprint density at radius 2 is 1.95 bits per heavy atom. The Labute approximate surface area is 123 Å². The molecule has 0 bridgehead atoms. The molecule has 1 heterocycles. The van der Waals surface area contributed by atoms with Gasteiger partial charge in [-0.15, -0.1) is 0 Å². The third kappa shape index (κ3) is 2.47. The van der Waals surface area contributed by atoms with Crippen molar-refractivity contribution in [1.29, 1.82) is 5.26 Å². The highest BCUT2D eigenvalue weighted by Gasteiger charge is 2.38. The van der Waals surface area contributed by atoms with E-state index >= 15 is 0 Å². The van der Waals surface area contributed by atoms with Crippen LogP contribution in [-0.2, 0) is 16.1 Å². The molecule has 3 rings (SSSR count). The zero-order valence-electron chi connectivity index (χ0n) is 11.7. The Morgan fingerprint density at radius 1 is 1.19 bits per heavy atom. The molecule has 1 amide bonds. The van der Waals surface area contributed by atoms with E-state index in [1.54, 1.807) is 4.90 Å². The minimum Gasteiger partial charge on any atom is -0.310 e. The van der Waals surface area contributed by atoms with Gasteiger partial charge in [-0.25, -0.2) is 0 Å². The Morgan fingerprint density at radius 3 is 2.67 bits per heavy atom. The first-order chi connectivity index (χ1) is 10.2. The highest BCUT2D eigenvalue weighted by molar-refractivity contribution is 6.00. The van der Waals surface area contributed by atoms with Crippen molar-refractivity contribution in [3.8, 4) is 6.07 Å². The monoisotopic (exact) mass is 280 g/mol. The van der Waals surface area contributed by atoms with Crippen molar-refractivity contribution in [3.63, 3.8) is 0 Å². The van der Waals surface area contributed by atoms with Gasteiger partial charge in [0.2, 0.25) is 5.91 Å². The third-order valence-corrected chi connectivity index (χ3v) is 4.14. The van der Waals surface area contributed by atoms with Crippen LogP contribution in [0.5, 0.6) is 0 Å². The van der Waals surface area contributed by atoms with Gasteiger partial charge in [0.05, 0.1) is 12.6 Å². The predicted molar refractivity (Wildman–Crippen MR) is 76.6 cm³/mol. The number of carbonyl (C=O) groups is 2. The van der Waals surface area contributed by atoms with E-state index in [0.29, 0.717) is 18.5 Å². The summed E-state index contributed by atoms with van der Waals surface area (Å²) in [4.78, 5) is 26.2. The lowest BCUT2D eigenvalue weighted by atomic mass is 9.83. The molecule has 1 unspecified atom stereocenters. The molecule has 4 nitrogen and oxygen atoms in total. The molecule has 2 aliphatic rings. The van der Waals surface area contributed by atoms with Gasteiger partial charge in [0.25, 0.3) is 0 Å². The van der Waals surface area contributed by atoms with Crippen LogP contribution in [0, 0.1) is 17.2 Å². The lowest BCUT2D eigenvalue weighted by Gasteiger charge is -2.36. The molecule has 1 atom stereocenters. The number of hydrogen-bond acceptors (Lipinski definition) is 3. The van der Waals surface area contributed by atoms with E-state index in [1.165, 1.54) is 0 Å². The molecule has 0 N–H and O–H groups in total. The molecule has 0 saturated carbocycles. The zero-order valence-corrected chi connectivity index (χ0v) is 11.7. The van der Waals surface area contributed by atoms with E-state index in [2.05, 4.69) is 0 Å². The topological polar surface area (TPSA) is 61.2 Å². The quantitative estimate of drug-likeness (QED) is 0.836. The summed E-state index contributed by atoms with van der Waals surface area (Å²) < 4.78 is 0. The van der Waals surface area contributed by atoms with E-state index < -0.39 is 5.92 Å². The Balaban J connectivity index is 1.98. The van der Waals surface area contributed by atoms with Crippen LogP contribution in [0.1, 0.15) is 31.2 Å². The van der Waals surface area contributed by atoms with Gasteiger partial charge in [-0.05, 0) is 18.4 Å². The summed E-state index contributed by atoms with van der Waals surface area (Å²) in [6, 6.07) is 11.7. The molecule has 1 aromatic rings. The minimum absolute atomic E-state index is 0.0991. The number of nitrogens with zero attached hydrogens (tertiary/aromatic N) is 2. The van der Waals surface area contributed by atoms with Crippen LogP contribution in [-0.4, -0.2) is 16.6 Å². The minimum atomic E-state index is -0.727. The number of nitriles is 1. The van der Waals surface area contributed by atoms with Gasteiger partial charge in [-0.3, -0.25) is 9.59 Å². The maximum absolute atomic E-state index is 12.5. The SMILES string of the molecule is N#CC1CC2=C(CCCC2=O)N(Cc2ccccc2)C1=O. The first-order valence-corrected chi connectivity index (χ1v) is 7.21. The Bertz CT molecular complexity index is 655. The highest BCUT2D eigenvalue weighted by Crippen LogP contribution is 2.35. The van der Waals surface area contributed by atoms with Crippen LogP contribution in [0.15, 0.2) is 41.6 Å². The van der Waals surface area contributed by atoms with Crippen molar-refractivity contribution >= 4 is 11.7 Å². The standard InChI is InChI=1S/C17H16N2O2/c18-10-13-9-14-15(7-4-8-16(14)20)19(17(13)21)11-12-5-2-1-3-6-12/h1-3,5-6,13H,4,7-9,11H2. The van der Waals surface area contributed by atoms with Crippen molar-refractivity contribution in [1.82, 2.24) is 4.90 Å². The van der Waals surface area contributed by atoms with Crippen molar-refractivity contribution in [2.24, 2.45) is 5.92 Å². The maximum Gasteiger partial charge on any atom is 0.244 e. The smallest absolute Gasteiger partial charge is 0.244 e. The third-order valence-electron chi connectivity index (χ3n) is 4.14. The lowest BCUT2D eigenvalue weighted by molar-refractivity contribution is -0.134. The van der Waals surface area contributed by atoms with Crippen molar-refractivity contribution < 1.29 is 9.59 Å². The summed E-state index contributed by atoms with van der Waals surface area (Å²) in [6.07, 6.45) is 2.35. The average molecular weight is 280 g/mol. The normalized spacial score (nSPS) is 22.0. The number of carbonyl (C=O) groups excluding carboxylic acids is 2. The number of allylic oxidation sites excluding steroid dienone is 2. The molecule has 4 heteroatoms. The van der Waals surface area contributed by atoms with Crippen LogP contribution in [0.2, 0.25) is 0 Å². The molecule has 1 aliphatic heterocycles. The summed E-state index contributed by atoms with van der Waals surface area (Å²) in [6.45, 7) is 0.434. The van der Waals surface area contributed by atoms with E-state index in [-0.39, 0.29) is 18.1 Å². The fourth-order valence-corrected chi connectivity index (χ4v) is 3.06. The number of rotatable bonds is 2. The molecule has 0 radical (unpaired) electrons. The zero-order chi connectivity index (χ0) is 14.8. The molecule has 1 aromatic carbocycles. The molecular weight excluding hydrogens is 264 g/mol. The second-order valence-electron chi connectivity index (χ2n) is 5.50. The van der Waals surface area contributed by atoms with E-state index in [4.69, 9.17) is 0 Å². The average Bonchev–Trinajstić information content (AvgIpc) is 2.51. The lowest BCUT2D eigenvalue weighted by Crippen LogP contribution is -2.41. The van der Waals surface area contributed by atoms with E-state index in [1.807, 2.05) is 36.4 Å². The van der Waals surface area contributed by atoms with Gasteiger partial charge >= 0.3 is 0 Å². The Hall–Kier alpha value is -2.41. The van der Waals surface area contributed by atoms with Crippen molar-refractivity contribution in [3.05, 3.63) is 47.2 Å². The van der Waals surface area contributed by atoms with Crippen molar-refractivity contribution in [2.45, 2.75) is 32.2 Å². The predicted octanol–water partition coefficient (Wildman–Crippen LogP) is 2.57. The summed E-state index contributed by atoms with van der Waals surface area (Å²) >= 11 is 0. The molecule has 21 heavy (non-hydrogen) atoms. The van der Waals surface area contributed by atoms with Crippen LogP contribution in [0.25, 0.3) is 0 Å². The summed E-state index contributed by atoms with van der Waals surface area (Å²) in [5.74, 6) is -0.800. The molecule has 0 fully saturated rings. The molecule has 1 aliphatic carbocycles. The van der Waals surface area contributed by atoms with Gasteiger partial charge in [0.15, 0.2) is 5.78 Å². The van der Waals surface area contributed by atoms with Crippen LogP contribution in [0.4, 0.5) is 0 Å². The maximum atomic E-state index is 12.5. The van der Waals surface area contributed by atoms with Gasteiger partial charge in [-0.1, -0.05) is 30.3 Å². The first kappa shape index (κ1) is 13.6. The van der Waals surface area contributed by atoms with Crippen LogP contribution in [0.3, 0.4) is 0 Å². The fraction of sp³-hybridized carbons (Fsp3) is 0.353.